The van der Waals surface area contributed by atoms with Gasteiger partial charge in [0.2, 0.25) is 5.78 Å². The summed E-state index contributed by atoms with van der Waals surface area (Å²) < 4.78 is 5.95. The number of carbonyl (C=O) groups is 1. The number of furan rings is 1. The van der Waals surface area contributed by atoms with Crippen LogP contribution in [0.5, 0.6) is 0 Å². The summed E-state index contributed by atoms with van der Waals surface area (Å²) in [5, 5.41) is 0. The van der Waals surface area contributed by atoms with Crippen molar-refractivity contribution in [2.45, 2.75) is 13.3 Å². The highest BCUT2D eigenvalue weighted by molar-refractivity contribution is 7.16. The monoisotopic (exact) mass is 240 g/mol. The summed E-state index contributed by atoms with van der Waals surface area (Å²) in [6, 6.07) is 7.14. The molecule has 0 amide bonds. The summed E-state index contributed by atoms with van der Waals surface area (Å²) in [5.74, 6) is 1.15. The maximum absolute atomic E-state index is 11.7. The normalized spacial score (nSPS) is 10.5. The lowest BCUT2D eigenvalue weighted by molar-refractivity contribution is 0.0966. The van der Waals surface area contributed by atoms with Crippen LogP contribution in [0, 0.1) is 6.92 Å². The van der Waals surface area contributed by atoms with Crippen LogP contribution < -0.4 is 0 Å². The maximum atomic E-state index is 11.7. The molecule has 0 aliphatic rings. The van der Waals surface area contributed by atoms with Crippen molar-refractivity contribution in [2.24, 2.45) is 0 Å². The molecule has 2 aromatic rings. The van der Waals surface area contributed by atoms with Crippen molar-refractivity contribution in [1.29, 1.82) is 0 Å². The lowest BCUT2D eigenvalue weighted by Gasteiger charge is -1.93. The third-order valence-corrected chi connectivity index (χ3v) is 3.21. The Bertz CT molecular complexity index is 484. The second-order valence-corrected chi connectivity index (χ2v) is 5.02. The number of rotatable bonds is 3. The average Bonchev–Trinajstić information content (AvgIpc) is 2.75. The minimum atomic E-state index is -0.0124. The van der Waals surface area contributed by atoms with Crippen molar-refractivity contribution in [3.05, 3.63) is 45.0 Å². The molecule has 0 atom stereocenters. The summed E-state index contributed by atoms with van der Waals surface area (Å²) >= 11 is 7.20. The molecule has 0 saturated heterocycles. The van der Waals surface area contributed by atoms with Gasteiger partial charge < -0.3 is 4.42 Å². The first kappa shape index (κ1) is 10.5. The van der Waals surface area contributed by atoms with Gasteiger partial charge in [0.05, 0.1) is 4.34 Å². The zero-order valence-electron chi connectivity index (χ0n) is 8.12. The standard InChI is InChI=1S/C11H9ClO2S/c1-7-2-4-10(14-7)9(13)6-8-3-5-11(12)15-8/h2-5H,6H2,1H3. The van der Waals surface area contributed by atoms with Gasteiger partial charge in [-0.15, -0.1) is 11.3 Å². The van der Waals surface area contributed by atoms with E-state index in [2.05, 4.69) is 0 Å². The van der Waals surface area contributed by atoms with Crippen LogP contribution in [0.25, 0.3) is 0 Å². The molecule has 2 aromatic heterocycles. The molecular weight excluding hydrogens is 232 g/mol. The van der Waals surface area contributed by atoms with Crippen LogP contribution in [0.15, 0.2) is 28.7 Å². The molecule has 0 saturated carbocycles. The molecule has 0 spiro atoms. The molecule has 0 radical (unpaired) electrons. The molecule has 0 unspecified atom stereocenters. The van der Waals surface area contributed by atoms with Crippen LogP contribution >= 0.6 is 22.9 Å². The highest BCUT2D eigenvalue weighted by Crippen LogP contribution is 2.23. The van der Waals surface area contributed by atoms with E-state index < -0.39 is 0 Å². The number of ketones is 1. The molecular formula is C11H9ClO2S. The smallest absolute Gasteiger partial charge is 0.203 e. The highest BCUT2D eigenvalue weighted by atomic mass is 35.5. The van der Waals surface area contributed by atoms with Gasteiger partial charge in [0, 0.05) is 11.3 Å². The third-order valence-electron chi connectivity index (χ3n) is 1.98. The Balaban J connectivity index is 2.10. The molecule has 15 heavy (non-hydrogen) atoms. The minimum Gasteiger partial charge on any atom is -0.458 e. The second-order valence-electron chi connectivity index (χ2n) is 3.22. The summed E-state index contributed by atoms with van der Waals surface area (Å²) in [5.41, 5.74) is 0. The SMILES string of the molecule is Cc1ccc(C(=O)Cc2ccc(Cl)s2)o1. The highest BCUT2D eigenvalue weighted by Gasteiger charge is 2.11. The molecule has 78 valence electrons. The second kappa shape index (κ2) is 4.21. The molecule has 2 nitrogen and oxygen atoms in total. The van der Waals surface area contributed by atoms with Gasteiger partial charge in [0.1, 0.15) is 5.76 Å². The quantitative estimate of drug-likeness (QED) is 0.766. The number of hydrogen-bond acceptors (Lipinski definition) is 3. The Morgan fingerprint density at radius 2 is 2.20 bits per heavy atom. The fourth-order valence-corrected chi connectivity index (χ4v) is 2.36. The van der Waals surface area contributed by atoms with E-state index in [1.807, 2.05) is 13.0 Å². The fraction of sp³-hybridized carbons (Fsp3) is 0.182. The maximum Gasteiger partial charge on any atom is 0.203 e. The first-order valence-electron chi connectivity index (χ1n) is 4.49. The largest absolute Gasteiger partial charge is 0.458 e. The Hall–Kier alpha value is -1.06. The summed E-state index contributed by atoms with van der Waals surface area (Å²) in [4.78, 5) is 12.7. The summed E-state index contributed by atoms with van der Waals surface area (Å²) in [6.45, 7) is 1.82. The van der Waals surface area contributed by atoms with E-state index in [-0.39, 0.29) is 5.78 Å². The Kier molecular flexibility index (Phi) is 2.93. The lowest BCUT2D eigenvalue weighted by Crippen LogP contribution is -1.99. The number of Topliss-reactive ketones (excluding diaryl/α,β-unsaturated/α-hetero) is 1. The topological polar surface area (TPSA) is 30.2 Å². The van der Waals surface area contributed by atoms with Crippen molar-refractivity contribution >= 4 is 28.7 Å². The van der Waals surface area contributed by atoms with Crippen molar-refractivity contribution in [2.75, 3.05) is 0 Å². The van der Waals surface area contributed by atoms with Crippen LogP contribution in [-0.2, 0) is 6.42 Å². The van der Waals surface area contributed by atoms with Crippen molar-refractivity contribution in [3.8, 4) is 0 Å². The first-order valence-corrected chi connectivity index (χ1v) is 5.68. The molecule has 0 fully saturated rings. The summed E-state index contributed by atoms with van der Waals surface area (Å²) in [6.07, 6.45) is 0.352. The van der Waals surface area contributed by atoms with E-state index in [0.29, 0.717) is 16.5 Å². The van der Waals surface area contributed by atoms with Crippen LogP contribution in [-0.4, -0.2) is 5.78 Å². The van der Waals surface area contributed by atoms with E-state index >= 15 is 0 Å². The van der Waals surface area contributed by atoms with Crippen molar-refractivity contribution < 1.29 is 9.21 Å². The van der Waals surface area contributed by atoms with Crippen LogP contribution in [0.2, 0.25) is 4.34 Å². The predicted octanol–water partition coefficient (Wildman–Crippen LogP) is 3.73. The zero-order valence-corrected chi connectivity index (χ0v) is 9.69. The Morgan fingerprint density at radius 3 is 2.73 bits per heavy atom. The molecule has 2 heterocycles. The number of aryl methyl sites for hydroxylation is 1. The number of thiophene rings is 1. The minimum absolute atomic E-state index is 0.0124. The van der Waals surface area contributed by atoms with Gasteiger partial charge in [-0.2, -0.15) is 0 Å². The molecule has 0 N–H and O–H groups in total. The van der Waals surface area contributed by atoms with Crippen molar-refractivity contribution in [3.63, 3.8) is 0 Å². The fourth-order valence-electron chi connectivity index (χ4n) is 1.28. The number of carbonyl (C=O) groups excluding carboxylic acids is 1. The van der Waals surface area contributed by atoms with Gasteiger partial charge >= 0.3 is 0 Å². The average molecular weight is 241 g/mol. The molecule has 0 aliphatic carbocycles. The lowest BCUT2D eigenvalue weighted by atomic mass is 10.2. The molecule has 0 aromatic carbocycles. The predicted molar refractivity (Wildman–Crippen MR) is 60.8 cm³/mol. The van der Waals surface area contributed by atoms with Crippen LogP contribution in [0.4, 0.5) is 0 Å². The van der Waals surface area contributed by atoms with E-state index in [1.165, 1.54) is 11.3 Å². The van der Waals surface area contributed by atoms with Crippen molar-refractivity contribution in [1.82, 2.24) is 0 Å². The molecule has 0 bridgehead atoms. The van der Waals surface area contributed by atoms with Gasteiger partial charge in [-0.05, 0) is 31.2 Å². The number of halogens is 1. The van der Waals surface area contributed by atoms with E-state index in [1.54, 1.807) is 18.2 Å². The van der Waals surface area contributed by atoms with E-state index in [9.17, 15) is 4.79 Å². The van der Waals surface area contributed by atoms with Gasteiger partial charge in [-0.25, -0.2) is 0 Å². The molecule has 0 aliphatic heterocycles. The molecule has 2 rings (SSSR count). The number of hydrogen-bond donors (Lipinski definition) is 0. The Labute approximate surface area is 96.5 Å². The van der Waals surface area contributed by atoms with Gasteiger partial charge in [-0.3, -0.25) is 4.79 Å². The Morgan fingerprint density at radius 1 is 1.40 bits per heavy atom. The third kappa shape index (κ3) is 2.49. The van der Waals surface area contributed by atoms with E-state index in [4.69, 9.17) is 16.0 Å². The summed E-state index contributed by atoms with van der Waals surface area (Å²) in [7, 11) is 0. The van der Waals surface area contributed by atoms with Gasteiger partial charge in [0.25, 0.3) is 0 Å². The van der Waals surface area contributed by atoms with Crippen LogP contribution in [0.3, 0.4) is 0 Å². The van der Waals surface area contributed by atoms with E-state index in [0.717, 1.165) is 10.6 Å². The van der Waals surface area contributed by atoms with Gasteiger partial charge in [-0.1, -0.05) is 11.6 Å². The zero-order chi connectivity index (χ0) is 10.8. The first-order chi connectivity index (χ1) is 7.15. The molecule has 4 heteroatoms. The van der Waals surface area contributed by atoms with Crippen LogP contribution in [0.1, 0.15) is 21.2 Å². The van der Waals surface area contributed by atoms with Gasteiger partial charge in [0.15, 0.2) is 5.76 Å².